The average molecular weight is 239 g/mol. The first kappa shape index (κ1) is 12.4. The molecule has 1 fully saturated rings. The molecular formula is C13H21NO3. The lowest BCUT2D eigenvalue weighted by atomic mass is 9.88. The van der Waals surface area contributed by atoms with E-state index in [0.29, 0.717) is 19.7 Å². The van der Waals surface area contributed by atoms with Crippen LogP contribution in [-0.2, 0) is 9.47 Å². The highest BCUT2D eigenvalue weighted by molar-refractivity contribution is 5.69. The Labute approximate surface area is 103 Å². The molecule has 4 nitrogen and oxygen atoms in total. The van der Waals surface area contributed by atoms with Crippen LogP contribution in [0.5, 0.6) is 0 Å². The fourth-order valence-corrected chi connectivity index (χ4v) is 2.07. The molecular weight excluding hydrogens is 218 g/mol. The number of carbonyl (C=O) groups excluding carboxylic acids is 1. The molecule has 0 aliphatic carbocycles. The SMILES string of the molecule is CC1=CCC2(CN(C(=O)OC(C)(C)C)C2)OC1. The van der Waals surface area contributed by atoms with E-state index >= 15 is 0 Å². The van der Waals surface area contributed by atoms with E-state index in [9.17, 15) is 4.79 Å². The first-order valence-electron chi connectivity index (χ1n) is 6.07. The van der Waals surface area contributed by atoms with E-state index in [1.165, 1.54) is 5.57 Å². The summed E-state index contributed by atoms with van der Waals surface area (Å²) in [5.41, 5.74) is 0.700. The molecule has 0 aromatic carbocycles. The zero-order valence-corrected chi connectivity index (χ0v) is 11.1. The number of nitrogens with zero attached hydrogens (tertiary/aromatic N) is 1. The number of hydrogen-bond acceptors (Lipinski definition) is 3. The van der Waals surface area contributed by atoms with E-state index in [1.54, 1.807) is 4.90 Å². The van der Waals surface area contributed by atoms with Crippen LogP contribution in [0.25, 0.3) is 0 Å². The summed E-state index contributed by atoms with van der Waals surface area (Å²) >= 11 is 0. The van der Waals surface area contributed by atoms with Gasteiger partial charge >= 0.3 is 6.09 Å². The van der Waals surface area contributed by atoms with Crippen molar-refractivity contribution in [2.24, 2.45) is 0 Å². The third-order valence-corrected chi connectivity index (χ3v) is 3.04. The number of hydrogen-bond donors (Lipinski definition) is 0. The van der Waals surface area contributed by atoms with Crippen molar-refractivity contribution in [1.82, 2.24) is 4.90 Å². The minimum atomic E-state index is -0.427. The van der Waals surface area contributed by atoms with Crippen molar-refractivity contribution in [2.45, 2.75) is 45.3 Å². The molecule has 1 saturated heterocycles. The van der Waals surface area contributed by atoms with E-state index in [4.69, 9.17) is 9.47 Å². The molecule has 0 unspecified atom stereocenters. The molecule has 17 heavy (non-hydrogen) atoms. The van der Waals surface area contributed by atoms with Gasteiger partial charge in [-0.15, -0.1) is 0 Å². The van der Waals surface area contributed by atoms with E-state index in [2.05, 4.69) is 13.0 Å². The van der Waals surface area contributed by atoms with Crippen LogP contribution in [0.2, 0.25) is 0 Å². The van der Waals surface area contributed by atoms with Crippen LogP contribution in [0.1, 0.15) is 34.1 Å². The lowest BCUT2D eigenvalue weighted by Gasteiger charge is -2.50. The highest BCUT2D eigenvalue weighted by Gasteiger charge is 2.47. The Kier molecular flexibility index (Phi) is 2.94. The molecule has 2 heterocycles. The molecule has 0 atom stereocenters. The second kappa shape index (κ2) is 4.02. The van der Waals surface area contributed by atoms with E-state index in [-0.39, 0.29) is 11.7 Å². The minimum absolute atomic E-state index is 0.142. The Balaban J connectivity index is 1.85. The molecule has 1 spiro atoms. The third kappa shape index (κ3) is 2.80. The molecule has 2 rings (SSSR count). The van der Waals surface area contributed by atoms with Gasteiger partial charge in [-0.1, -0.05) is 11.6 Å². The minimum Gasteiger partial charge on any atom is -0.444 e. The first-order valence-corrected chi connectivity index (χ1v) is 6.07. The monoisotopic (exact) mass is 239 g/mol. The van der Waals surface area contributed by atoms with E-state index in [0.717, 1.165) is 6.42 Å². The van der Waals surface area contributed by atoms with Crippen LogP contribution in [-0.4, -0.2) is 41.9 Å². The Morgan fingerprint density at radius 1 is 1.47 bits per heavy atom. The van der Waals surface area contributed by atoms with Crippen LogP contribution in [0, 0.1) is 0 Å². The van der Waals surface area contributed by atoms with Crippen LogP contribution in [0.4, 0.5) is 4.79 Å². The Hall–Kier alpha value is -1.03. The Morgan fingerprint density at radius 2 is 2.12 bits per heavy atom. The number of likely N-dealkylation sites (tertiary alicyclic amines) is 1. The highest BCUT2D eigenvalue weighted by atomic mass is 16.6. The maximum Gasteiger partial charge on any atom is 0.410 e. The quantitative estimate of drug-likeness (QED) is 0.609. The van der Waals surface area contributed by atoms with Gasteiger partial charge in [-0.2, -0.15) is 0 Å². The lowest BCUT2D eigenvalue weighted by Crippen LogP contribution is -2.65. The van der Waals surface area contributed by atoms with Gasteiger partial charge < -0.3 is 14.4 Å². The van der Waals surface area contributed by atoms with Gasteiger partial charge in [-0.05, 0) is 34.1 Å². The topological polar surface area (TPSA) is 38.8 Å². The second-order valence-corrected chi connectivity index (χ2v) is 6.06. The largest absolute Gasteiger partial charge is 0.444 e. The highest BCUT2D eigenvalue weighted by Crippen LogP contribution is 2.33. The summed E-state index contributed by atoms with van der Waals surface area (Å²) in [4.78, 5) is 13.5. The number of carbonyl (C=O) groups is 1. The van der Waals surface area contributed by atoms with Gasteiger partial charge in [0.2, 0.25) is 0 Å². The van der Waals surface area contributed by atoms with Crippen molar-refractivity contribution in [2.75, 3.05) is 19.7 Å². The van der Waals surface area contributed by atoms with Crippen molar-refractivity contribution in [3.63, 3.8) is 0 Å². The van der Waals surface area contributed by atoms with Crippen LogP contribution in [0.3, 0.4) is 0 Å². The summed E-state index contributed by atoms with van der Waals surface area (Å²) in [5, 5.41) is 0. The normalized spacial score (nSPS) is 23.1. The molecule has 0 aromatic rings. The zero-order chi connectivity index (χ0) is 12.7. The first-order chi connectivity index (χ1) is 7.80. The van der Waals surface area contributed by atoms with Crippen molar-refractivity contribution in [3.05, 3.63) is 11.6 Å². The summed E-state index contributed by atoms with van der Waals surface area (Å²) in [6, 6.07) is 0. The van der Waals surface area contributed by atoms with Crippen molar-refractivity contribution in [3.8, 4) is 0 Å². The smallest absolute Gasteiger partial charge is 0.410 e. The van der Waals surface area contributed by atoms with Gasteiger partial charge in [0.25, 0.3) is 0 Å². The van der Waals surface area contributed by atoms with Crippen LogP contribution in [0.15, 0.2) is 11.6 Å². The summed E-state index contributed by atoms with van der Waals surface area (Å²) in [5.74, 6) is 0. The molecule has 96 valence electrons. The molecule has 2 aliphatic heterocycles. The molecule has 0 radical (unpaired) electrons. The molecule has 2 aliphatic rings. The van der Waals surface area contributed by atoms with Crippen LogP contribution < -0.4 is 0 Å². The van der Waals surface area contributed by atoms with Crippen LogP contribution >= 0.6 is 0 Å². The molecule has 0 N–H and O–H groups in total. The average Bonchev–Trinajstić information content (AvgIpc) is 2.13. The van der Waals surface area contributed by atoms with E-state index < -0.39 is 5.60 Å². The zero-order valence-electron chi connectivity index (χ0n) is 11.1. The summed E-state index contributed by atoms with van der Waals surface area (Å²) < 4.78 is 11.1. The Bertz CT molecular complexity index is 348. The standard InChI is InChI=1S/C13H21NO3/c1-10-5-6-13(16-7-10)8-14(9-13)11(15)17-12(2,3)4/h5H,6-9H2,1-4H3. The van der Waals surface area contributed by atoms with Crippen molar-refractivity contribution in [1.29, 1.82) is 0 Å². The Morgan fingerprint density at radius 3 is 2.59 bits per heavy atom. The molecule has 0 saturated carbocycles. The number of rotatable bonds is 0. The van der Waals surface area contributed by atoms with Gasteiger partial charge in [0.05, 0.1) is 19.7 Å². The third-order valence-electron chi connectivity index (χ3n) is 3.04. The maximum atomic E-state index is 11.8. The van der Waals surface area contributed by atoms with Gasteiger partial charge in [-0.3, -0.25) is 0 Å². The van der Waals surface area contributed by atoms with E-state index in [1.807, 2.05) is 20.8 Å². The van der Waals surface area contributed by atoms with Gasteiger partial charge in [-0.25, -0.2) is 4.79 Å². The number of ether oxygens (including phenoxy) is 2. The molecule has 1 amide bonds. The fraction of sp³-hybridized carbons (Fsp3) is 0.769. The molecule has 4 heteroatoms. The summed E-state index contributed by atoms with van der Waals surface area (Å²) in [6.45, 7) is 9.67. The number of amides is 1. The summed E-state index contributed by atoms with van der Waals surface area (Å²) in [7, 11) is 0. The van der Waals surface area contributed by atoms with Gasteiger partial charge in [0, 0.05) is 0 Å². The maximum absolute atomic E-state index is 11.8. The van der Waals surface area contributed by atoms with Gasteiger partial charge in [0.1, 0.15) is 11.2 Å². The summed E-state index contributed by atoms with van der Waals surface area (Å²) in [6.07, 6.45) is 2.87. The van der Waals surface area contributed by atoms with Crippen molar-refractivity contribution >= 4 is 6.09 Å². The van der Waals surface area contributed by atoms with Gasteiger partial charge in [0.15, 0.2) is 0 Å². The van der Waals surface area contributed by atoms with Crippen molar-refractivity contribution < 1.29 is 14.3 Å². The second-order valence-electron chi connectivity index (χ2n) is 6.06. The molecule has 0 bridgehead atoms. The fourth-order valence-electron chi connectivity index (χ4n) is 2.07. The predicted molar refractivity (Wildman–Crippen MR) is 64.9 cm³/mol. The molecule has 0 aromatic heterocycles. The predicted octanol–water partition coefficient (Wildman–Crippen LogP) is 2.34. The lowest BCUT2D eigenvalue weighted by molar-refractivity contribution is -0.137.